The molecule has 114 valence electrons. The summed E-state index contributed by atoms with van der Waals surface area (Å²) < 4.78 is 55.8. The first-order chi connectivity index (χ1) is 9.23. The molecular weight excluding hydrogens is 304 g/mol. The largest absolute Gasteiger partial charge is 0.494 e. The molecule has 0 radical (unpaired) electrons. The molecule has 0 bridgehead atoms. The Hall–Kier alpha value is -1.48. The Kier molecular flexibility index (Phi) is 5.23. The summed E-state index contributed by atoms with van der Waals surface area (Å²) in [5, 5.41) is 0. The highest BCUT2D eigenvalue weighted by Crippen LogP contribution is 2.29. The van der Waals surface area contributed by atoms with Gasteiger partial charge in [-0.1, -0.05) is 0 Å². The summed E-state index contributed by atoms with van der Waals surface area (Å²) in [5.74, 6) is 0.109. The van der Waals surface area contributed by atoms with Gasteiger partial charge in [0, 0.05) is 6.07 Å². The van der Waals surface area contributed by atoms with Gasteiger partial charge in [0.1, 0.15) is 5.75 Å². The monoisotopic (exact) mass is 322 g/mol. The minimum atomic E-state index is -3.43. The SMILES string of the molecule is CCS(=O)(=O)Nc1ccc(NS(=O)(=O)CC)c(OC)c1. The molecule has 0 aliphatic carbocycles. The molecule has 0 aliphatic heterocycles. The van der Waals surface area contributed by atoms with E-state index in [1.165, 1.54) is 39.2 Å². The smallest absolute Gasteiger partial charge is 0.232 e. The molecule has 1 aromatic rings. The van der Waals surface area contributed by atoms with E-state index >= 15 is 0 Å². The highest BCUT2D eigenvalue weighted by atomic mass is 32.2. The van der Waals surface area contributed by atoms with Crippen molar-refractivity contribution >= 4 is 31.4 Å². The first-order valence-electron chi connectivity index (χ1n) is 5.92. The second-order valence-electron chi connectivity index (χ2n) is 3.93. The zero-order chi connectivity index (χ0) is 15.4. The summed E-state index contributed by atoms with van der Waals surface area (Å²) in [7, 11) is -5.45. The number of methoxy groups -OCH3 is 1. The lowest BCUT2D eigenvalue weighted by molar-refractivity contribution is 0.417. The minimum Gasteiger partial charge on any atom is -0.494 e. The highest BCUT2D eigenvalue weighted by molar-refractivity contribution is 7.92. The maximum atomic E-state index is 11.5. The number of benzene rings is 1. The summed E-state index contributed by atoms with van der Waals surface area (Å²) in [5.41, 5.74) is 0.567. The van der Waals surface area contributed by atoms with Crippen molar-refractivity contribution in [3.05, 3.63) is 18.2 Å². The lowest BCUT2D eigenvalue weighted by atomic mass is 10.2. The van der Waals surface area contributed by atoms with Gasteiger partial charge in [0.15, 0.2) is 0 Å². The Morgan fingerprint density at radius 2 is 1.55 bits per heavy atom. The summed E-state index contributed by atoms with van der Waals surface area (Å²) in [6, 6.07) is 4.32. The first-order valence-corrected chi connectivity index (χ1v) is 9.22. The number of hydrogen-bond donors (Lipinski definition) is 2. The summed E-state index contributed by atoms with van der Waals surface area (Å²) >= 11 is 0. The Balaban J connectivity index is 3.09. The standard InChI is InChI=1S/C11H18N2O5S2/c1-4-19(14,15)12-9-6-7-10(11(8-9)18-3)13-20(16,17)5-2/h6-8,12-13H,4-5H2,1-3H3. The highest BCUT2D eigenvalue weighted by Gasteiger charge is 2.13. The lowest BCUT2D eigenvalue weighted by Gasteiger charge is -2.13. The molecule has 0 aromatic heterocycles. The van der Waals surface area contributed by atoms with Crippen LogP contribution in [-0.2, 0) is 20.0 Å². The van der Waals surface area contributed by atoms with Gasteiger partial charge >= 0.3 is 0 Å². The molecule has 7 nitrogen and oxygen atoms in total. The van der Waals surface area contributed by atoms with Crippen LogP contribution in [0.3, 0.4) is 0 Å². The van der Waals surface area contributed by atoms with Crippen molar-refractivity contribution in [1.29, 1.82) is 0 Å². The van der Waals surface area contributed by atoms with E-state index in [-0.39, 0.29) is 22.9 Å². The van der Waals surface area contributed by atoms with E-state index in [0.29, 0.717) is 5.69 Å². The fraction of sp³-hybridized carbons (Fsp3) is 0.455. The molecule has 20 heavy (non-hydrogen) atoms. The molecular formula is C11H18N2O5S2. The lowest BCUT2D eigenvalue weighted by Crippen LogP contribution is -2.16. The number of anilines is 2. The van der Waals surface area contributed by atoms with Crippen molar-refractivity contribution in [1.82, 2.24) is 0 Å². The normalized spacial score (nSPS) is 11.9. The van der Waals surface area contributed by atoms with E-state index in [0.717, 1.165) is 0 Å². The Morgan fingerprint density at radius 3 is 2.05 bits per heavy atom. The van der Waals surface area contributed by atoms with Crippen LogP contribution in [0.1, 0.15) is 13.8 Å². The van der Waals surface area contributed by atoms with Gasteiger partial charge < -0.3 is 4.74 Å². The third kappa shape index (κ3) is 4.57. The maximum absolute atomic E-state index is 11.5. The molecule has 2 N–H and O–H groups in total. The summed E-state index contributed by atoms with van der Waals surface area (Å²) in [6.45, 7) is 3.03. The number of ether oxygens (including phenoxy) is 1. The number of nitrogens with one attached hydrogen (secondary N) is 2. The maximum Gasteiger partial charge on any atom is 0.232 e. The average molecular weight is 322 g/mol. The van der Waals surface area contributed by atoms with E-state index < -0.39 is 20.0 Å². The second-order valence-corrected chi connectivity index (χ2v) is 7.95. The predicted octanol–water partition coefficient (Wildman–Crippen LogP) is 1.22. The molecule has 0 aliphatic rings. The third-order valence-corrected chi connectivity index (χ3v) is 5.10. The van der Waals surface area contributed by atoms with E-state index in [2.05, 4.69) is 9.44 Å². The minimum absolute atomic E-state index is 0.0560. The molecule has 0 saturated carbocycles. The van der Waals surface area contributed by atoms with Crippen LogP contribution in [0.4, 0.5) is 11.4 Å². The second kappa shape index (κ2) is 6.31. The van der Waals surface area contributed by atoms with Gasteiger partial charge in [-0.25, -0.2) is 16.8 Å². The fourth-order valence-corrected chi connectivity index (χ4v) is 2.61. The van der Waals surface area contributed by atoms with Gasteiger partial charge in [-0.05, 0) is 26.0 Å². The first kappa shape index (κ1) is 16.6. The van der Waals surface area contributed by atoms with Crippen molar-refractivity contribution in [2.75, 3.05) is 28.1 Å². The third-order valence-electron chi connectivity index (χ3n) is 2.50. The van der Waals surface area contributed by atoms with Crippen LogP contribution in [0.15, 0.2) is 18.2 Å². The molecule has 0 amide bonds. The number of sulfonamides is 2. The zero-order valence-corrected chi connectivity index (χ0v) is 13.1. The van der Waals surface area contributed by atoms with Crippen LogP contribution >= 0.6 is 0 Å². The molecule has 9 heteroatoms. The fourth-order valence-electron chi connectivity index (χ4n) is 1.33. The summed E-state index contributed by atoms with van der Waals surface area (Å²) in [6.07, 6.45) is 0. The molecule has 1 rings (SSSR count). The van der Waals surface area contributed by atoms with Gasteiger partial charge in [0.25, 0.3) is 0 Å². The van der Waals surface area contributed by atoms with Gasteiger partial charge in [-0.3, -0.25) is 9.44 Å². The van der Waals surface area contributed by atoms with Gasteiger partial charge in [-0.2, -0.15) is 0 Å². The molecule has 0 heterocycles. The summed E-state index contributed by atoms with van der Waals surface area (Å²) in [4.78, 5) is 0. The van der Waals surface area contributed by atoms with Crippen molar-refractivity contribution in [3.63, 3.8) is 0 Å². The molecule has 0 fully saturated rings. The molecule has 0 spiro atoms. The van der Waals surface area contributed by atoms with Crippen LogP contribution in [0, 0.1) is 0 Å². The average Bonchev–Trinajstić information content (AvgIpc) is 2.40. The van der Waals surface area contributed by atoms with Gasteiger partial charge in [0.05, 0.1) is 30.0 Å². The van der Waals surface area contributed by atoms with E-state index in [4.69, 9.17) is 4.74 Å². The van der Waals surface area contributed by atoms with Crippen LogP contribution in [0.2, 0.25) is 0 Å². The van der Waals surface area contributed by atoms with Crippen molar-refractivity contribution in [3.8, 4) is 5.75 Å². The van der Waals surface area contributed by atoms with Crippen LogP contribution < -0.4 is 14.2 Å². The van der Waals surface area contributed by atoms with Crippen molar-refractivity contribution in [2.45, 2.75) is 13.8 Å². The van der Waals surface area contributed by atoms with Crippen LogP contribution in [0.5, 0.6) is 5.75 Å². The predicted molar refractivity (Wildman–Crippen MR) is 79.2 cm³/mol. The van der Waals surface area contributed by atoms with Gasteiger partial charge in [-0.15, -0.1) is 0 Å². The van der Waals surface area contributed by atoms with E-state index in [1.807, 2.05) is 0 Å². The van der Waals surface area contributed by atoms with E-state index in [9.17, 15) is 16.8 Å². The van der Waals surface area contributed by atoms with Crippen molar-refractivity contribution < 1.29 is 21.6 Å². The quantitative estimate of drug-likeness (QED) is 0.786. The van der Waals surface area contributed by atoms with Crippen molar-refractivity contribution in [2.24, 2.45) is 0 Å². The van der Waals surface area contributed by atoms with E-state index in [1.54, 1.807) is 0 Å². The van der Waals surface area contributed by atoms with Gasteiger partial charge in [0.2, 0.25) is 20.0 Å². The Morgan fingerprint density at radius 1 is 1.00 bits per heavy atom. The topological polar surface area (TPSA) is 102 Å². The molecule has 0 unspecified atom stereocenters. The number of rotatable bonds is 7. The molecule has 0 atom stereocenters. The molecule has 1 aromatic carbocycles. The zero-order valence-electron chi connectivity index (χ0n) is 11.5. The Labute approximate surface area is 119 Å². The molecule has 0 saturated heterocycles. The number of hydrogen-bond acceptors (Lipinski definition) is 5. The van der Waals surface area contributed by atoms with Crippen LogP contribution in [-0.4, -0.2) is 35.5 Å². The Bertz CT molecular complexity index is 668. The van der Waals surface area contributed by atoms with Crippen LogP contribution in [0.25, 0.3) is 0 Å².